The summed E-state index contributed by atoms with van der Waals surface area (Å²) in [6.45, 7) is 0. The van der Waals surface area contributed by atoms with E-state index in [4.69, 9.17) is 19.0 Å². The maximum atomic E-state index is 11.1. The lowest BCUT2D eigenvalue weighted by molar-refractivity contribution is -0.141. The Balaban J connectivity index is 2.16. The highest BCUT2D eigenvalue weighted by Crippen LogP contribution is 2.42. The molecular formula is C14H14O5. The van der Waals surface area contributed by atoms with E-state index in [2.05, 4.69) is 0 Å². The van der Waals surface area contributed by atoms with Gasteiger partial charge in [-0.2, -0.15) is 0 Å². The molecule has 0 saturated heterocycles. The van der Waals surface area contributed by atoms with Crippen LogP contribution < -0.4 is 9.47 Å². The predicted octanol–water partition coefficient (Wildman–Crippen LogP) is 2.25. The molecule has 1 aromatic carbocycles. The van der Waals surface area contributed by atoms with Crippen molar-refractivity contribution in [2.75, 3.05) is 14.2 Å². The van der Waals surface area contributed by atoms with Crippen LogP contribution in [0.1, 0.15) is 11.3 Å². The molecule has 0 aliphatic heterocycles. The van der Waals surface area contributed by atoms with Crippen molar-refractivity contribution in [3.05, 3.63) is 23.5 Å². The van der Waals surface area contributed by atoms with Crippen LogP contribution in [0.15, 0.2) is 16.5 Å². The van der Waals surface area contributed by atoms with Crippen molar-refractivity contribution in [1.82, 2.24) is 0 Å². The molecule has 5 heteroatoms. The van der Waals surface area contributed by atoms with E-state index in [0.29, 0.717) is 29.9 Å². The number of methoxy groups -OCH3 is 2. The zero-order valence-electron chi connectivity index (χ0n) is 10.7. The molecule has 5 nitrogen and oxygen atoms in total. The fraction of sp³-hybridized carbons (Fsp3) is 0.357. The Hall–Kier alpha value is -2.17. The number of hydrogen-bond donors (Lipinski definition) is 1. The molecule has 1 aromatic heterocycles. The Morgan fingerprint density at radius 3 is 2.74 bits per heavy atom. The standard InChI is InChI=1S/C14H14O5/c1-17-8-5-11(18-2)13-9-3-7(14(15)16)4-10(9)19-12(13)6-8/h5-7H,3-4H2,1-2H3,(H,15,16). The van der Waals surface area contributed by atoms with Crippen LogP contribution in [0.25, 0.3) is 11.0 Å². The van der Waals surface area contributed by atoms with E-state index in [1.165, 1.54) is 0 Å². The predicted molar refractivity (Wildman–Crippen MR) is 67.9 cm³/mol. The summed E-state index contributed by atoms with van der Waals surface area (Å²) in [6, 6.07) is 3.58. The summed E-state index contributed by atoms with van der Waals surface area (Å²) < 4.78 is 16.3. The molecule has 0 bridgehead atoms. The summed E-state index contributed by atoms with van der Waals surface area (Å²) in [4.78, 5) is 11.1. The Morgan fingerprint density at radius 1 is 1.32 bits per heavy atom. The molecule has 0 fully saturated rings. The van der Waals surface area contributed by atoms with Crippen LogP contribution >= 0.6 is 0 Å². The van der Waals surface area contributed by atoms with Gasteiger partial charge in [0, 0.05) is 24.1 Å². The topological polar surface area (TPSA) is 68.9 Å². The van der Waals surface area contributed by atoms with Gasteiger partial charge in [0.1, 0.15) is 22.8 Å². The van der Waals surface area contributed by atoms with Crippen molar-refractivity contribution in [3.8, 4) is 11.5 Å². The van der Waals surface area contributed by atoms with E-state index in [1.807, 2.05) is 0 Å². The molecule has 3 rings (SSSR count). The molecule has 19 heavy (non-hydrogen) atoms. The van der Waals surface area contributed by atoms with Crippen LogP contribution in [-0.2, 0) is 17.6 Å². The fourth-order valence-corrected chi connectivity index (χ4v) is 2.65. The molecule has 1 N–H and O–H groups in total. The zero-order valence-corrected chi connectivity index (χ0v) is 10.7. The number of ether oxygens (including phenoxy) is 2. The second-order valence-electron chi connectivity index (χ2n) is 4.65. The number of carboxylic acids is 1. The van der Waals surface area contributed by atoms with E-state index in [9.17, 15) is 4.79 Å². The number of rotatable bonds is 3. The van der Waals surface area contributed by atoms with Crippen LogP contribution in [-0.4, -0.2) is 25.3 Å². The van der Waals surface area contributed by atoms with Crippen molar-refractivity contribution in [1.29, 1.82) is 0 Å². The minimum absolute atomic E-state index is 0.398. The molecule has 2 aromatic rings. The first-order valence-corrected chi connectivity index (χ1v) is 6.03. The van der Waals surface area contributed by atoms with Gasteiger partial charge in [-0.3, -0.25) is 4.79 Å². The second-order valence-corrected chi connectivity index (χ2v) is 4.65. The number of carbonyl (C=O) groups is 1. The van der Waals surface area contributed by atoms with Crippen LogP contribution in [0, 0.1) is 5.92 Å². The number of benzene rings is 1. The van der Waals surface area contributed by atoms with Crippen molar-refractivity contribution < 1.29 is 23.8 Å². The first kappa shape index (κ1) is 11.9. The Kier molecular flexibility index (Phi) is 2.62. The van der Waals surface area contributed by atoms with Gasteiger partial charge in [0.2, 0.25) is 0 Å². The molecule has 0 radical (unpaired) electrons. The van der Waals surface area contributed by atoms with Gasteiger partial charge in [-0.05, 0) is 6.42 Å². The molecule has 1 aliphatic carbocycles. The lowest BCUT2D eigenvalue weighted by atomic mass is 10.0. The number of hydrogen-bond acceptors (Lipinski definition) is 4. The fourth-order valence-electron chi connectivity index (χ4n) is 2.65. The van der Waals surface area contributed by atoms with Crippen molar-refractivity contribution in [3.63, 3.8) is 0 Å². The smallest absolute Gasteiger partial charge is 0.307 e. The summed E-state index contributed by atoms with van der Waals surface area (Å²) in [7, 11) is 3.16. The molecule has 100 valence electrons. The van der Waals surface area contributed by atoms with E-state index >= 15 is 0 Å². The van der Waals surface area contributed by atoms with Crippen molar-refractivity contribution in [2.45, 2.75) is 12.8 Å². The first-order chi connectivity index (χ1) is 9.13. The van der Waals surface area contributed by atoms with E-state index < -0.39 is 11.9 Å². The lowest BCUT2D eigenvalue weighted by Crippen LogP contribution is -2.13. The zero-order chi connectivity index (χ0) is 13.6. The summed E-state index contributed by atoms with van der Waals surface area (Å²) >= 11 is 0. The van der Waals surface area contributed by atoms with Gasteiger partial charge in [-0.1, -0.05) is 0 Å². The van der Waals surface area contributed by atoms with E-state index in [-0.39, 0.29) is 0 Å². The van der Waals surface area contributed by atoms with Gasteiger partial charge in [0.25, 0.3) is 0 Å². The number of furan rings is 1. The SMILES string of the molecule is COc1cc(OC)c2c3c(oc2c1)CC(C(=O)O)C3. The molecule has 0 spiro atoms. The molecule has 1 atom stereocenters. The van der Waals surface area contributed by atoms with Gasteiger partial charge in [-0.15, -0.1) is 0 Å². The highest BCUT2D eigenvalue weighted by atomic mass is 16.5. The first-order valence-electron chi connectivity index (χ1n) is 6.03. The van der Waals surface area contributed by atoms with Gasteiger partial charge in [-0.25, -0.2) is 0 Å². The molecule has 1 aliphatic rings. The summed E-state index contributed by atoms with van der Waals surface area (Å²) in [5.74, 6) is 0.878. The molecular weight excluding hydrogens is 248 g/mol. The Labute approximate surface area is 109 Å². The molecule has 0 saturated carbocycles. The van der Waals surface area contributed by atoms with Gasteiger partial charge in [0.05, 0.1) is 25.5 Å². The van der Waals surface area contributed by atoms with Crippen LogP contribution in [0.2, 0.25) is 0 Å². The second kappa shape index (κ2) is 4.19. The van der Waals surface area contributed by atoms with Crippen molar-refractivity contribution in [2.24, 2.45) is 5.92 Å². The highest BCUT2D eigenvalue weighted by Gasteiger charge is 2.33. The number of fused-ring (bicyclic) bond motifs is 3. The van der Waals surface area contributed by atoms with Crippen LogP contribution in [0.4, 0.5) is 0 Å². The Bertz CT molecular complexity index is 655. The average Bonchev–Trinajstić information content (AvgIpc) is 2.94. The maximum Gasteiger partial charge on any atom is 0.307 e. The largest absolute Gasteiger partial charge is 0.496 e. The molecule has 0 amide bonds. The monoisotopic (exact) mass is 262 g/mol. The van der Waals surface area contributed by atoms with Crippen LogP contribution in [0.5, 0.6) is 11.5 Å². The van der Waals surface area contributed by atoms with Crippen LogP contribution in [0.3, 0.4) is 0 Å². The van der Waals surface area contributed by atoms with Gasteiger partial charge >= 0.3 is 5.97 Å². The lowest BCUT2D eigenvalue weighted by Gasteiger charge is -2.07. The minimum Gasteiger partial charge on any atom is -0.496 e. The summed E-state index contributed by atoms with van der Waals surface area (Å²) in [6.07, 6.45) is 0.922. The molecule has 1 heterocycles. The normalized spacial score (nSPS) is 17.5. The van der Waals surface area contributed by atoms with Gasteiger partial charge < -0.3 is 19.0 Å². The third kappa shape index (κ3) is 1.73. The highest BCUT2D eigenvalue weighted by molar-refractivity contribution is 5.91. The minimum atomic E-state index is -0.785. The van der Waals surface area contributed by atoms with E-state index in [1.54, 1.807) is 26.4 Å². The average molecular weight is 262 g/mol. The maximum absolute atomic E-state index is 11.1. The third-order valence-electron chi connectivity index (χ3n) is 3.60. The molecule has 1 unspecified atom stereocenters. The van der Waals surface area contributed by atoms with Gasteiger partial charge in [0.15, 0.2) is 0 Å². The number of aliphatic carboxylic acids is 1. The summed E-state index contributed by atoms with van der Waals surface area (Å²) in [5.41, 5.74) is 1.63. The number of carboxylic acid groups (broad SMARTS) is 1. The quantitative estimate of drug-likeness (QED) is 0.918. The summed E-state index contributed by atoms with van der Waals surface area (Å²) in [5, 5.41) is 9.95. The third-order valence-corrected chi connectivity index (χ3v) is 3.60. The van der Waals surface area contributed by atoms with E-state index in [0.717, 1.165) is 16.7 Å². The van der Waals surface area contributed by atoms with Crippen molar-refractivity contribution >= 4 is 16.9 Å². The Morgan fingerprint density at radius 2 is 2.11 bits per heavy atom.